The highest BCUT2D eigenvalue weighted by molar-refractivity contribution is 5.96. The number of amides is 1. The van der Waals surface area contributed by atoms with E-state index in [1.54, 1.807) is 41.3 Å². The first-order chi connectivity index (χ1) is 13.8. The van der Waals surface area contributed by atoms with Gasteiger partial charge in [-0.1, -0.05) is 36.4 Å². The molecule has 1 heterocycles. The Morgan fingerprint density at radius 1 is 1.21 bits per heavy atom. The largest absolute Gasteiger partial charge is 0.495 e. The molecule has 2 aromatic carbocycles. The monoisotopic (exact) mass is 406 g/mol. The fourth-order valence-electron chi connectivity index (χ4n) is 3.79. The molecule has 0 spiro atoms. The van der Waals surface area contributed by atoms with Crippen molar-refractivity contribution in [1.29, 1.82) is 0 Å². The topological polar surface area (TPSA) is 41.6 Å². The SMILES string of the molecule is COc1ccc(C)cc1NC(=O)C(c1ccccc1)N1CCCC(C(F)(F)F)C1. The molecule has 0 aromatic heterocycles. The maximum absolute atomic E-state index is 13.3. The fourth-order valence-corrected chi connectivity index (χ4v) is 3.79. The third-order valence-electron chi connectivity index (χ3n) is 5.26. The van der Waals surface area contributed by atoms with Crippen LogP contribution in [0.1, 0.15) is 30.0 Å². The average Bonchev–Trinajstić information content (AvgIpc) is 2.69. The Balaban J connectivity index is 1.90. The number of rotatable bonds is 5. The smallest absolute Gasteiger partial charge is 0.393 e. The van der Waals surface area contributed by atoms with Gasteiger partial charge in [-0.3, -0.25) is 9.69 Å². The third-order valence-corrected chi connectivity index (χ3v) is 5.26. The number of piperidine rings is 1. The molecule has 1 amide bonds. The Hall–Kier alpha value is -2.54. The number of carbonyl (C=O) groups excluding carboxylic acids is 1. The van der Waals surface area contributed by atoms with Crippen LogP contribution >= 0.6 is 0 Å². The highest BCUT2D eigenvalue weighted by Gasteiger charge is 2.44. The Morgan fingerprint density at radius 3 is 2.59 bits per heavy atom. The van der Waals surface area contributed by atoms with E-state index in [9.17, 15) is 18.0 Å². The van der Waals surface area contributed by atoms with Crippen LogP contribution in [0.2, 0.25) is 0 Å². The molecule has 1 N–H and O–H groups in total. The molecule has 0 radical (unpaired) electrons. The second-order valence-corrected chi connectivity index (χ2v) is 7.38. The number of carbonyl (C=O) groups is 1. The van der Waals surface area contributed by atoms with Gasteiger partial charge < -0.3 is 10.1 Å². The van der Waals surface area contributed by atoms with Gasteiger partial charge in [0.15, 0.2) is 0 Å². The molecule has 1 aliphatic rings. The summed E-state index contributed by atoms with van der Waals surface area (Å²) in [5.74, 6) is -1.30. The van der Waals surface area contributed by atoms with Crippen LogP contribution in [0.4, 0.5) is 18.9 Å². The number of likely N-dealkylation sites (tertiary alicyclic amines) is 1. The standard InChI is InChI=1S/C22H25F3N2O2/c1-15-10-11-19(29-2)18(13-15)26-21(28)20(16-7-4-3-5-8-16)27-12-6-9-17(14-27)22(23,24)25/h3-5,7-8,10-11,13,17,20H,6,9,12,14H2,1-2H3,(H,26,28). The average molecular weight is 406 g/mol. The van der Waals surface area contributed by atoms with Gasteiger partial charge >= 0.3 is 6.18 Å². The lowest BCUT2D eigenvalue weighted by atomic mass is 9.94. The van der Waals surface area contributed by atoms with E-state index in [1.165, 1.54) is 7.11 Å². The van der Waals surface area contributed by atoms with Crippen LogP contribution in [-0.4, -0.2) is 37.2 Å². The fraction of sp³-hybridized carbons (Fsp3) is 0.409. The van der Waals surface area contributed by atoms with Crippen molar-refractivity contribution < 1.29 is 22.7 Å². The molecule has 7 heteroatoms. The summed E-state index contributed by atoms with van der Waals surface area (Å²) in [7, 11) is 1.51. The minimum Gasteiger partial charge on any atom is -0.495 e. The van der Waals surface area contributed by atoms with Gasteiger partial charge in [0.2, 0.25) is 5.91 Å². The van der Waals surface area contributed by atoms with Gasteiger partial charge in [0.25, 0.3) is 0 Å². The summed E-state index contributed by atoms with van der Waals surface area (Å²) in [6, 6.07) is 13.5. The molecule has 0 saturated carbocycles. The van der Waals surface area contributed by atoms with Crippen LogP contribution in [-0.2, 0) is 4.79 Å². The van der Waals surface area contributed by atoms with E-state index in [4.69, 9.17) is 4.74 Å². The van der Waals surface area contributed by atoms with Crippen molar-refractivity contribution in [1.82, 2.24) is 4.90 Å². The van der Waals surface area contributed by atoms with E-state index in [0.717, 1.165) is 5.56 Å². The third kappa shape index (κ3) is 5.09. The number of ether oxygens (including phenoxy) is 1. The number of halogens is 3. The predicted molar refractivity (Wildman–Crippen MR) is 106 cm³/mol. The number of hydrogen-bond acceptors (Lipinski definition) is 3. The van der Waals surface area contributed by atoms with Gasteiger partial charge in [-0.2, -0.15) is 13.2 Å². The number of hydrogen-bond donors (Lipinski definition) is 1. The molecule has 0 aliphatic carbocycles. The molecule has 29 heavy (non-hydrogen) atoms. The molecule has 3 rings (SSSR count). The molecule has 2 unspecified atom stereocenters. The first kappa shape index (κ1) is 21.2. The molecule has 1 fully saturated rings. The van der Waals surface area contributed by atoms with E-state index >= 15 is 0 Å². The number of alkyl halides is 3. The van der Waals surface area contributed by atoms with E-state index in [-0.39, 0.29) is 18.9 Å². The van der Waals surface area contributed by atoms with E-state index in [0.29, 0.717) is 30.0 Å². The number of aryl methyl sites for hydroxylation is 1. The summed E-state index contributed by atoms with van der Waals surface area (Å²) in [5.41, 5.74) is 2.11. The molecule has 2 aromatic rings. The second-order valence-electron chi connectivity index (χ2n) is 7.38. The normalized spacial score (nSPS) is 18.9. The summed E-state index contributed by atoms with van der Waals surface area (Å²) >= 11 is 0. The van der Waals surface area contributed by atoms with E-state index < -0.39 is 18.1 Å². The summed E-state index contributed by atoms with van der Waals surface area (Å²) in [6.45, 7) is 2.13. The lowest BCUT2D eigenvalue weighted by Crippen LogP contribution is -2.46. The van der Waals surface area contributed by atoms with Crippen LogP contribution in [0, 0.1) is 12.8 Å². The zero-order valence-electron chi connectivity index (χ0n) is 16.5. The Morgan fingerprint density at radius 2 is 1.93 bits per heavy atom. The second kappa shape index (κ2) is 8.86. The molecule has 1 aliphatic heterocycles. The number of methoxy groups -OCH3 is 1. The minimum absolute atomic E-state index is 0.0921. The summed E-state index contributed by atoms with van der Waals surface area (Å²) in [4.78, 5) is 14.9. The van der Waals surface area contributed by atoms with Crippen molar-refractivity contribution in [2.75, 3.05) is 25.5 Å². The Bertz CT molecular complexity index is 840. The zero-order valence-corrected chi connectivity index (χ0v) is 16.5. The van der Waals surface area contributed by atoms with Crippen LogP contribution in [0.15, 0.2) is 48.5 Å². The minimum atomic E-state index is -4.27. The van der Waals surface area contributed by atoms with Crippen molar-refractivity contribution >= 4 is 11.6 Å². The van der Waals surface area contributed by atoms with Crippen molar-refractivity contribution in [2.24, 2.45) is 5.92 Å². The van der Waals surface area contributed by atoms with E-state index in [1.807, 2.05) is 19.1 Å². The Labute approximate surface area is 168 Å². The summed E-state index contributed by atoms with van der Waals surface area (Å²) < 4.78 is 45.3. The molecule has 1 saturated heterocycles. The number of nitrogens with zero attached hydrogens (tertiary/aromatic N) is 1. The van der Waals surface area contributed by atoms with Crippen molar-refractivity contribution in [3.63, 3.8) is 0 Å². The molecular weight excluding hydrogens is 381 g/mol. The number of benzene rings is 2. The number of nitrogens with one attached hydrogen (secondary N) is 1. The predicted octanol–water partition coefficient (Wildman–Crippen LogP) is 4.96. The highest BCUT2D eigenvalue weighted by Crippen LogP contribution is 2.37. The first-order valence-electron chi connectivity index (χ1n) is 9.61. The lowest BCUT2D eigenvalue weighted by Gasteiger charge is -2.38. The lowest BCUT2D eigenvalue weighted by molar-refractivity contribution is -0.189. The maximum atomic E-state index is 13.3. The molecular formula is C22H25F3N2O2. The quantitative estimate of drug-likeness (QED) is 0.763. The van der Waals surface area contributed by atoms with Gasteiger partial charge in [-0.05, 0) is 49.6 Å². The van der Waals surface area contributed by atoms with Crippen LogP contribution in [0.5, 0.6) is 5.75 Å². The van der Waals surface area contributed by atoms with E-state index in [2.05, 4.69) is 5.32 Å². The van der Waals surface area contributed by atoms with Crippen LogP contribution < -0.4 is 10.1 Å². The summed E-state index contributed by atoms with van der Waals surface area (Å²) in [6.07, 6.45) is -3.78. The van der Waals surface area contributed by atoms with Crippen LogP contribution in [0.3, 0.4) is 0 Å². The van der Waals surface area contributed by atoms with Gasteiger partial charge in [0.1, 0.15) is 11.8 Å². The molecule has 2 atom stereocenters. The van der Waals surface area contributed by atoms with Gasteiger partial charge in [0.05, 0.1) is 18.7 Å². The molecule has 156 valence electrons. The van der Waals surface area contributed by atoms with Crippen LogP contribution in [0.25, 0.3) is 0 Å². The highest BCUT2D eigenvalue weighted by atomic mass is 19.4. The van der Waals surface area contributed by atoms with Crippen molar-refractivity contribution in [3.8, 4) is 5.75 Å². The van der Waals surface area contributed by atoms with Crippen molar-refractivity contribution in [3.05, 3.63) is 59.7 Å². The van der Waals surface area contributed by atoms with Gasteiger partial charge in [-0.25, -0.2) is 0 Å². The maximum Gasteiger partial charge on any atom is 0.393 e. The van der Waals surface area contributed by atoms with Crippen molar-refractivity contribution in [2.45, 2.75) is 32.0 Å². The summed E-state index contributed by atoms with van der Waals surface area (Å²) in [5, 5.41) is 2.86. The molecule has 0 bridgehead atoms. The molecule has 4 nitrogen and oxygen atoms in total. The Kier molecular flexibility index (Phi) is 6.47. The number of anilines is 1. The zero-order chi connectivity index (χ0) is 21.0. The first-order valence-corrected chi connectivity index (χ1v) is 9.61. The van der Waals surface area contributed by atoms with Gasteiger partial charge in [0, 0.05) is 6.54 Å². The van der Waals surface area contributed by atoms with Gasteiger partial charge in [-0.15, -0.1) is 0 Å².